The minimum Gasteiger partial charge on any atom is -0.342 e. The summed E-state index contributed by atoms with van der Waals surface area (Å²) in [6.45, 7) is 5.84. The number of rotatable bonds is 3. The number of urea groups is 1. The summed E-state index contributed by atoms with van der Waals surface area (Å²) in [5, 5.41) is 3.02. The molecule has 0 saturated carbocycles. The normalized spacial score (nSPS) is 20.7. The van der Waals surface area contributed by atoms with Crippen molar-refractivity contribution in [3.63, 3.8) is 0 Å². The highest BCUT2D eigenvalue weighted by Crippen LogP contribution is 2.22. The van der Waals surface area contributed by atoms with Crippen LogP contribution in [0.25, 0.3) is 0 Å². The number of piperazine rings is 1. The summed E-state index contributed by atoms with van der Waals surface area (Å²) in [7, 11) is 1.78. The molecule has 2 aliphatic heterocycles. The molecule has 6 heteroatoms. The molecule has 2 saturated heterocycles. The number of hydrogen-bond acceptors (Lipinski definition) is 3. The fraction of sp³-hybridized carbons (Fsp3) is 0.579. The third-order valence-electron chi connectivity index (χ3n) is 5.26. The van der Waals surface area contributed by atoms with Gasteiger partial charge in [0.25, 0.3) is 0 Å². The molecule has 2 aliphatic rings. The van der Waals surface area contributed by atoms with Crippen LogP contribution in [-0.4, -0.2) is 65.9 Å². The van der Waals surface area contributed by atoms with Crippen molar-refractivity contribution < 1.29 is 9.59 Å². The van der Waals surface area contributed by atoms with Crippen LogP contribution in [-0.2, 0) is 11.3 Å². The second-order valence-corrected chi connectivity index (χ2v) is 7.14. The number of nitrogens with one attached hydrogen (secondary N) is 1. The standard InChI is InChI=1S/C19H28N4O2/c1-15(24)21(2)13-16-6-5-7-17(12-16)20-19(25)23-11-10-22-9-4-3-8-18(22)14-23/h5-7,12,18H,3-4,8-11,13-14H2,1-2H3,(H,20,25)/t18-/m0/s1. The average Bonchev–Trinajstić information content (AvgIpc) is 2.61. The van der Waals surface area contributed by atoms with Crippen molar-refractivity contribution in [2.75, 3.05) is 38.5 Å². The Hall–Kier alpha value is -2.08. The molecule has 136 valence electrons. The fourth-order valence-electron chi connectivity index (χ4n) is 3.68. The van der Waals surface area contributed by atoms with Gasteiger partial charge in [-0.15, -0.1) is 0 Å². The van der Waals surface area contributed by atoms with E-state index >= 15 is 0 Å². The number of carbonyl (C=O) groups is 2. The first-order chi connectivity index (χ1) is 12.0. The summed E-state index contributed by atoms with van der Waals surface area (Å²) in [6.07, 6.45) is 3.74. The molecule has 1 atom stereocenters. The Morgan fingerprint density at radius 1 is 1.24 bits per heavy atom. The molecule has 2 fully saturated rings. The largest absolute Gasteiger partial charge is 0.342 e. The van der Waals surface area contributed by atoms with Crippen molar-refractivity contribution in [3.8, 4) is 0 Å². The van der Waals surface area contributed by atoms with E-state index in [1.165, 1.54) is 25.8 Å². The summed E-state index contributed by atoms with van der Waals surface area (Å²) in [6, 6.07) is 8.21. The Morgan fingerprint density at radius 2 is 2.08 bits per heavy atom. The second kappa shape index (κ2) is 7.87. The molecule has 0 unspecified atom stereocenters. The van der Waals surface area contributed by atoms with Crippen molar-refractivity contribution in [3.05, 3.63) is 29.8 Å². The summed E-state index contributed by atoms with van der Waals surface area (Å²) in [5.41, 5.74) is 1.79. The second-order valence-electron chi connectivity index (χ2n) is 7.14. The van der Waals surface area contributed by atoms with Crippen LogP contribution in [0.2, 0.25) is 0 Å². The molecular weight excluding hydrogens is 316 g/mol. The van der Waals surface area contributed by atoms with E-state index in [0.717, 1.165) is 30.9 Å². The predicted octanol–water partition coefficient (Wildman–Crippen LogP) is 2.37. The Labute approximate surface area is 149 Å². The van der Waals surface area contributed by atoms with Crippen molar-refractivity contribution in [1.82, 2.24) is 14.7 Å². The minimum atomic E-state index is -0.0257. The predicted molar refractivity (Wildman–Crippen MR) is 98.4 cm³/mol. The van der Waals surface area contributed by atoms with Crippen LogP contribution in [0.5, 0.6) is 0 Å². The number of piperidine rings is 1. The molecule has 0 aromatic heterocycles. The zero-order chi connectivity index (χ0) is 17.8. The molecule has 1 aromatic carbocycles. The molecular formula is C19H28N4O2. The number of fused-ring (bicyclic) bond motifs is 1. The lowest BCUT2D eigenvalue weighted by molar-refractivity contribution is -0.128. The van der Waals surface area contributed by atoms with Gasteiger partial charge in [-0.2, -0.15) is 0 Å². The molecule has 6 nitrogen and oxygen atoms in total. The van der Waals surface area contributed by atoms with Gasteiger partial charge < -0.3 is 15.1 Å². The summed E-state index contributed by atoms with van der Waals surface area (Å²) in [5.74, 6) is 0.0276. The Kier molecular flexibility index (Phi) is 5.58. The Bertz CT molecular complexity index is 634. The monoisotopic (exact) mass is 344 g/mol. The number of anilines is 1. The van der Waals surface area contributed by atoms with Gasteiger partial charge in [-0.3, -0.25) is 9.69 Å². The van der Waals surface area contributed by atoms with Crippen molar-refractivity contribution in [1.29, 1.82) is 0 Å². The molecule has 1 aromatic rings. The number of hydrogen-bond donors (Lipinski definition) is 1. The van der Waals surface area contributed by atoms with Crippen LogP contribution in [0, 0.1) is 0 Å². The first kappa shape index (κ1) is 17.7. The molecule has 0 radical (unpaired) electrons. The van der Waals surface area contributed by atoms with Crippen LogP contribution >= 0.6 is 0 Å². The molecule has 0 spiro atoms. The van der Waals surface area contributed by atoms with Crippen LogP contribution < -0.4 is 5.32 Å². The maximum Gasteiger partial charge on any atom is 0.321 e. The van der Waals surface area contributed by atoms with Crippen LogP contribution in [0.4, 0.5) is 10.5 Å². The molecule has 2 heterocycles. The van der Waals surface area contributed by atoms with E-state index in [-0.39, 0.29) is 11.9 Å². The highest BCUT2D eigenvalue weighted by molar-refractivity contribution is 5.89. The maximum absolute atomic E-state index is 12.6. The number of benzene rings is 1. The molecule has 3 amide bonds. The van der Waals surface area contributed by atoms with E-state index in [1.54, 1.807) is 18.9 Å². The molecule has 25 heavy (non-hydrogen) atoms. The third kappa shape index (κ3) is 4.51. The molecule has 1 N–H and O–H groups in total. The quantitative estimate of drug-likeness (QED) is 0.916. The van der Waals surface area contributed by atoms with E-state index in [9.17, 15) is 9.59 Å². The van der Waals surface area contributed by atoms with Crippen LogP contribution in [0.3, 0.4) is 0 Å². The summed E-state index contributed by atoms with van der Waals surface area (Å²) < 4.78 is 0. The van der Waals surface area contributed by atoms with Gasteiger partial charge in [0.15, 0.2) is 0 Å². The number of amides is 3. The number of nitrogens with zero attached hydrogens (tertiary/aromatic N) is 3. The van der Waals surface area contributed by atoms with E-state index in [1.807, 2.05) is 29.2 Å². The fourth-order valence-corrected chi connectivity index (χ4v) is 3.68. The van der Waals surface area contributed by atoms with Crippen LogP contribution in [0.15, 0.2) is 24.3 Å². The van der Waals surface area contributed by atoms with Gasteiger partial charge in [-0.05, 0) is 37.1 Å². The molecule has 3 rings (SSSR count). The van der Waals surface area contributed by atoms with Crippen molar-refractivity contribution in [2.24, 2.45) is 0 Å². The molecule has 0 aliphatic carbocycles. The van der Waals surface area contributed by atoms with E-state index in [0.29, 0.717) is 12.6 Å². The zero-order valence-corrected chi connectivity index (χ0v) is 15.2. The third-order valence-corrected chi connectivity index (χ3v) is 5.26. The molecule has 0 bridgehead atoms. The van der Waals surface area contributed by atoms with Crippen LogP contribution in [0.1, 0.15) is 31.7 Å². The summed E-state index contributed by atoms with van der Waals surface area (Å²) in [4.78, 5) is 30.1. The van der Waals surface area contributed by atoms with Crippen molar-refractivity contribution in [2.45, 2.75) is 38.8 Å². The lowest BCUT2D eigenvalue weighted by Gasteiger charge is -2.43. The van der Waals surface area contributed by atoms with E-state index in [4.69, 9.17) is 0 Å². The lowest BCUT2D eigenvalue weighted by Crippen LogP contribution is -2.56. The topological polar surface area (TPSA) is 55.9 Å². The van der Waals surface area contributed by atoms with Gasteiger partial charge in [-0.1, -0.05) is 18.6 Å². The zero-order valence-electron chi connectivity index (χ0n) is 15.2. The highest BCUT2D eigenvalue weighted by Gasteiger charge is 2.30. The van der Waals surface area contributed by atoms with Crippen molar-refractivity contribution >= 4 is 17.6 Å². The van der Waals surface area contributed by atoms with E-state index < -0.39 is 0 Å². The van der Waals surface area contributed by atoms with Gasteiger partial charge in [0.1, 0.15) is 0 Å². The minimum absolute atomic E-state index is 0.0257. The van der Waals surface area contributed by atoms with Gasteiger partial charge in [0.05, 0.1) is 0 Å². The first-order valence-corrected chi connectivity index (χ1v) is 9.13. The lowest BCUT2D eigenvalue weighted by atomic mass is 10.00. The summed E-state index contributed by atoms with van der Waals surface area (Å²) >= 11 is 0. The maximum atomic E-state index is 12.6. The Morgan fingerprint density at radius 3 is 2.88 bits per heavy atom. The smallest absolute Gasteiger partial charge is 0.321 e. The van der Waals surface area contributed by atoms with E-state index in [2.05, 4.69) is 10.2 Å². The van der Waals surface area contributed by atoms with Gasteiger partial charge in [0, 0.05) is 51.9 Å². The Balaban J connectivity index is 1.58. The first-order valence-electron chi connectivity index (χ1n) is 9.13. The number of carbonyl (C=O) groups excluding carboxylic acids is 2. The average molecular weight is 344 g/mol. The van der Waals surface area contributed by atoms with Gasteiger partial charge in [-0.25, -0.2) is 4.79 Å². The van der Waals surface area contributed by atoms with Gasteiger partial charge in [0.2, 0.25) is 5.91 Å². The SMILES string of the molecule is CC(=O)N(C)Cc1cccc(NC(=O)N2CCN3CCCC[C@H]3C2)c1. The highest BCUT2D eigenvalue weighted by atomic mass is 16.2. The van der Waals surface area contributed by atoms with Gasteiger partial charge >= 0.3 is 6.03 Å².